The summed E-state index contributed by atoms with van der Waals surface area (Å²) in [5.41, 5.74) is 4.05. The second-order valence-electron chi connectivity index (χ2n) is 11.3. The summed E-state index contributed by atoms with van der Waals surface area (Å²) in [6, 6.07) is 31.8. The van der Waals surface area contributed by atoms with Crippen molar-refractivity contribution in [2.45, 2.75) is 70.5 Å². The molecule has 0 aliphatic carbocycles. The lowest BCUT2D eigenvalue weighted by Gasteiger charge is -2.34. The van der Waals surface area contributed by atoms with Crippen LogP contribution in [0.25, 0.3) is 0 Å². The molecule has 8 heteroatoms. The summed E-state index contributed by atoms with van der Waals surface area (Å²) in [5, 5.41) is 3.07. The lowest BCUT2D eigenvalue weighted by molar-refractivity contribution is -0.140. The van der Waals surface area contributed by atoms with Gasteiger partial charge in [0.25, 0.3) is 10.0 Å². The largest absolute Gasteiger partial charge is 0.352 e. The summed E-state index contributed by atoms with van der Waals surface area (Å²) in [5.74, 6) is -0.749. The number of aryl methyl sites for hydroxylation is 2. The molecule has 45 heavy (non-hydrogen) atoms. The molecule has 4 rings (SSSR count). The summed E-state index contributed by atoms with van der Waals surface area (Å²) < 4.78 is 29.6. The number of para-hydroxylation sites is 1. The van der Waals surface area contributed by atoms with E-state index in [9.17, 15) is 18.0 Å². The number of carbonyl (C=O) groups excluding carboxylic acids is 2. The van der Waals surface area contributed by atoms with Crippen molar-refractivity contribution in [2.24, 2.45) is 0 Å². The highest BCUT2D eigenvalue weighted by Gasteiger charge is 2.35. The average Bonchev–Trinajstić information content (AvgIpc) is 3.06. The highest BCUT2D eigenvalue weighted by molar-refractivity contribution is 7.92. The minimum atomic E-state index is -4.14. The first-order valence-corrected chi connectivity index (χ1v) is 16.9. The second-order valence-corrected chi connectivity index (χ2v) is 13.2. The molecule has 0 unspecified atom stereocenters. The van der Waals surface area contributed by atoms with Crippen molar-refractivity contribution in [3.05, 3.63) is 131 Å². The van der Waals surface area contributed by atoms with Crippen molar-refractivity contribution in [3.8, 4) is 0 Å². The van der Waals surface area contributed by atoms with Crippen LogP contribution < -0.4 is 9.62 Å². The maximum absolute atomic E-state index is 14.6. The van der Waals surface area contributed by atoms with Crippen molar-refractivity contribution in [2.75, 3.05) is 10.8 Å². The van der Waals surface area contributed by atoms with Crippen LogP contribution in [0.3, 0.4) is 0 Å². The summed E-state index contributed by atoms with van der Waals surface area (Å²) in [4.78, 5) is 30.2. The minimum absolute atomic E-state index is 0.0872. The molecule has 4 aromatic rings. The smallest absolute Gasteiger partial charge is 0.264 e. The van der Waals surface area contributed by atoms with E-state index in [1.165, 1.54) is 21.3 Å². The Morgan fingerprint density at radius 1 is 0.778 bits per heavy atom. The molecular formula is C37H43N3O4S. The molecule has 0 aliphatic heterocycles. The third kappa shape index (κ3) is 8.60. The molecule has 2 amide bonds. The number of amides is 2. The quantitative estimate of drug-likeness (QED) is 0.178. The fourth-order valence-electron chi connectivity index (χ4n) is 5.17. The fraction of sp³-hybridized carbons (Fsp3) is 0.297. The standard InChI is InChI=1S/C37H43N3O4S/c1-5-29(4)38-37(42)35(25-30-15-9-7-10-16-30)39(26-31-23-21-28(3)22-24-31)36(41)27-40(34-20-14-13-17-32(34)6-2)45(43,44)33-18-11-8-12-19-33/h7-24,29,35H,5-6,25-27H2,1-4H3,(H,38,42)/t29-,35-/m1/s1. The summed E-state index contributed by atoms with van der Waals surface area (Å²) in [6.45, 7) is 7.53. The van der Waals surface area contributed by atoms with E-state index in [2.05, 4.69) is 5.32 Å². The van der Waals surface area contributed by atoms with Gasteiger partial charge in [-0.15, -0.1) is 0 Å². The van der Waals surface area contributed by atoms with Gasteiger partial charge in [-0.1, -0.05) is 110 Å². The van der Waals surface area contributed by atoms with E-state index in [0.29, 0.717) is 12.1 Å². The molecule has 0 spiro atoms. The lowest BCUT2D eigenvalue weighted by Crippen LogP contribution is -2.54. The van der Waals surface area contributed by atoms with Gasteiger partial charge in [-0.25, -0.2) is 8.42 Å². The van der Waals surface area contributed by atoms with Crippen molar-refractivity contribution < 1.29 is 18.0 Å². The second kappa shape index (κ2) is 15.5. The predicted octanol–water partition coefficient (Wildman–Crippen LogP) is 6.31. The van der Waals surface area contributed by atoms with Crippen LogP contribution in [0.4, 0.5) is 5.69 Å². The van der Waals surface area contributed by atoms with Crippen LogP contribution in [0, 0.1) is 6.92 Å². The average molecular weight is 626 g/mol. The fourth-order valence-corrected chi connectivity index (χ4v) is 6.64. The zero-order valence-corrected chi connectivity index (χ0v) is 27.3. The zero-order valence-electron chi connectivity index (χ0n) is 26.5. The Kier molecular flexibility index (Phi) is 11.5. The maximum atomic E-state index is 14.6. The molecule has 236 valence electrons. The number of nitrogens with zero attached hydrogens (tertiary/aromatic N) is 2. The number of benzene rings is 4. The first kappa shape index (κ1) is 33.5. The third-order valence-electron chi connectivity index (χ3n) is 8.00. The Bertz CT molecular complexity index is 1660. The molecule has 0 bridgehead atoms. The molecule has 7 nitrogen and oxygen atoms in total. The SMILES string of the molecule is CCc1ccccc1N(CC(=O)N(Cc1ccc(C)cc1)[C@H](Cc1ccccc1)C(=O)N[C@H](C)CC)S(=O)(=O)c1ccccc1. The van der Waals surface area contributed by atoms with Gasteiger partial charge in [-0.3, -0.25) is 13.9 Å². The lowest BCUT2D eigenvalue weighted by atomic mass is 10.0. The Balaban J connectivity index is 1.82. The Morgan fingerprint density at radius 2 is 1.38 bits per heavy atom. The van der Waals surface area contributed by atoms with E-state index < -0.39 is 28.5 Å². The van der Waals surface area contributed by atoms with Crippen LogP contribution in [0.2, 0.25) is 0 Å². The zero-order chi connectivity index (χ0) is 32.4. The third-order valence-corrected chi connectivity index (χ3v) is 9.77. The van der Waals surface area contributed by atoms with E-state index >= 15 is 0 Å². The van der Waals surface area contributed by atoms with Gasteiger partial charge in [0.1, 0.15) is 12.6 Å². The summed E-state index contributed by atoms with van der Waals surface area (Å²) in [7, 11) is -4.14. The van der Waals surface area contributed by atoms with Crippen molar-refractivity contribution in [1.82, 2.24) is 10.2 Å². The van der Waals surface area contributed by atoms with Crippen LogP contribution >= 0.6 is 0 Å². The summed E-state index contributed by atoms with van der Waals surface area (Å²) in [6.07, 6.45) is 1.58. The van der Waals surface area contributed by atoms with Gasteiger partial charge < -0.3 is 10.2 Å². The first-order valence-electron chi connectivity index (χ1n) is 15.5. The number of sulfonamides is 1. The van der Waals surface area contributed by atoms with E-state index in [0.717, 1.165) is 28.7 Å². The van der Waals surface area contributed by atoms with Gasteiger partial charge >= 0.3 is 0 Å². The van der Waals surface area contributed by atoms with Gasteiger partial charge in [0.15, 0.2) is 0 Å². The van der Waals surface area contributed by atoms with Gasteiger partial charge in [0.2, 0.25) is 11.8 Å². The van der Waals surface area contributed by atoms with E-state index in [1.54, 1.807) is 30.3 Å². The molecule has 0 fully saturated rings. The normalized spacial score (nSPS) is 12.6. The van der Waals surface area contributed by atoms with Crippen molar-refractivity contribution in [3.63, 3.8) is 0 Å². The van der Waals surface area contributed by atoms with E-state index in [4.69, 9.17) is 0 Å². The van der Waals surface area contributed by atoms with Crippen molar-refractivity contribution >= 4 is 27.5 Å². The number of nitrogens with one attached hydrogen (secondary N) is 1. The molecule has 4 aromatic carbocycles. The number of hydrogen-bond donors (Lipinski definition) is 1. The molecule has 0 aromatic heterocycles. The van der Waals surface area contributed by atoms with Crippen LogP contribution in [0.15, 0.2) is 114 Å². The monoisotopic (exact) mass is 625 g/mol. The van der Waals surface area contributed by atoms with Gasteiger partial charge in [-0.05, 0) is 61.6 Å². The summed E-state index contributed by atoms with van der Waals surface area (Å²) >= 11 is 0. The number of rotatable bonds is 14. The van der Waals surface area contributed by atoms with Crippen molar-refractivity contribution in [1.29, 1.82) is 0 Å². The molecule has 0 heterocycles. The van der Waals surface area contributed by atoms with Gasteiger partial charge in [0, 0.05) is 19.0 Å². The Labute approximate surface area is 268 Å². The molecule has 0 saturated heterocycles. The molecule has 2 atom stereocenters. The Morgan fingerprint density at radius 3 is 2.00 bits per heavy atom. The number of anilines is 1. The van der Waals surface area contributed by atoms with E-state index in [1.807, 2.05) is 94.4 Å². The van der Waals surface area contributed by atoms with Crippen LogP contribution in [0.5, 0.6) is 0 Å². The highest BCUT2D eigenvalue weighted by atomic mass is 32.2. The van der Waals surface area contributed by atoms with Crippen LogP contribution in [-0.4, -0.2) is 43.8 Å². The molecular weight excluding hydrogens is 582 g/mol. The van der Waals surface area contributed by atoms with E-state index in [-0.39, 0.29) is 29.8 Å². The van der Waals surface area contributed by atoms with Crippen LogP contribution in [-0.2, 0) is 39.0 Å². The van der Waals surface area contributed by atoms with Gasteiger partial charge in [-0.2, -0.15) is 0 Å². The predicted molar refractivity (Wildman–Crippen MR) is 180 cm³/mol. The maximum Gasteiger partial charge on any atom is 0.264 e. The van der Waals surface area contributed by atoms with Gasteiger partial charge in [0.05, 0.1) is 10.6 Å². The first-order chi connectivity index (χ1) is 21.6. The minimum Gasteiger partial charge on any atom is -0.352 e. The molecule has 0 aliphatic rings. The number of hydrogen-bond acceptors (Lipinski definition) is 4. The topological polar surface area (TPSA) is 86.8 Å². The molecule has 1 N–H and O–H groups in total. The number of carbonyl (C=O) groups is 2. The Hall–Kier alpha value is -4.43. The highest BCUT2D eigenvalue weighted by Crippen LogP contribution is 2.28. The van der Waals surface area contributed by atoms with Crippen LogP contribution in [0.1, 0.15) is 49.4 Å². The molecule has 0 radical (unpaired) electrons. The molecule has 0 saturated carbocycles.